The van der Waals surface area contributed by atoms with E-state index in [1.807, 2.05) is 30.9 Å². The van der Waals surface area contributed by atoms with Gasteiger partial charge >= 0.3 is 0 Å². The highest BCUT2D eigenvalue weighted by Gasteiger charge is 2.65. The number of aryl methyl sites for hydroxylation is 2. The maximum atomic E-state index is 14.7. The number of benzene rings is 2. The van der Waals surface area contributed by atoms with Crippen molar-refractivity contribution in [1.29, 1.82) is 5.26 Å². The van der Waals surface area contributed by atoms with Gasteiger partial charge in [-0.2, -0.15) is 5.26 Å². The van der Waals surface area contributed by atoms with Crippen molar-refractivity contribution >= 4 is 11.6 Å². The number of H-pyrrole nitrogens is 1. The Labute approximate surface area is 204 Å². The molecule has 2 aromatic carbocycles. The third kappa shape index (κ3) is 2.39. The minimum Gasteiger partial charge on any atom is -0.420 e. The zero-order chi connectivity index (χ0) is 24.9. The SMILES string of the molecule is Cc1cc2c3c(c1)[C@]1(C(=O)N3C(C)(C)C[C@]2(C)c2ccccc2)C(C#N)=C(N)Oc2n[nH]c(C)c21. The highest BCUT2D eigenvalue weighted by Crippen LogP contribution is 2.63. The Hall–Kier alpha value is -4.05. The number of hydrogen-bond donors (Lipinski definition) is 2. The first-order valence-corrected chi connectivity index (χ1v) is 11.8. The van der Waals surface area contributed by atoms with Gasteiger partial charge in [-0.05, 0) is 45.2 Å². The smallest absolute Gasteiger partial charge is 0.248 e. The molecule has 7 nitrogen and oxygen atoms in total. The average molecular weight is 466 g/mol. The molecule has 0 radical (unpaired) electrons. The highest BCUT2D eigenvalue weighted by atomic mass is 16.5. The Kier molecular flexibility index (Phi) is 4.01. The summed E-state index contributed by atoms with van der Waals surface area (Å²) in [7, 11) is 0. The lowest BCUT2D eigenvalue weighted by Crippen LogP contribution is -2.57. The van der Waals surface area contributed by atoms with E-state index in [1.165, 1.54) is 5.56 Å². The molecule has 7 heteroatoms. The topological polar surface area (TPSA) is 108 Å². The van der Waals surface area contributed by atoms with Crippen molar-refractivity contribution in [2.24, 2.45) is 5.73 Å². The number of carbonyl (C=O) groups excluding carboxylic acids is 1. The molecular formula is C28H27N5O2. The molecular weight excluding hydrogens is 438 g/mol. The van der Waals surface area contributed by atoms with Crippen LogP contribution in [-0.4, -0.2) is 21.6 Å². The summed E-state index contributed by atoms with van der Waals surface area (Å²) in [6, 6.07) is 16.9. The molecule has 6 rings (SSSR count). The second kappa shape index (κ2) is 6.54. The van der Waals surface area contributed by atoms with Gasteiger partial charge in [0.15, 0.2) is 0 Å². The van der Waals surface area contributed by atoms with Crippen LogP contribution in [0.1, 0.15) is 60.7 Å². The van der Waals surface area contributed by atoms with E-state index in [0.29, 0.717) is 11.3 Å². The number of rotatable bonds is 1. The molecule has 3 aliphatic rings. The molecule has 1 spiro atoms. The summed E-state index contributed by atoms with van der Waals surface area (Å²) in [5, 5.41) is 17.6. The predicted octanol–water partition coefficient (Wildman–Crippen LogP) is 4.23. The first kappa shape index (κ1) is 21.5. The summed E-state index contributed by atoms with van der Waals surface area (Å²) in [4.78, 5) is 16.6. The van der Waals surface area contributed by atoms with Crippen molar-refractivity contribution in [3.8, 4) is 11.9 Å². The molecule has 2 atom stereocenters. The van der Waals surface area contributed by atoms with Crippen LogP contribution in [0, 0.1) is 25.2 Å². The summed E-state index contributed by atoms with van der Waals surface area (Å²) in [6.45, 7) is 10.3. The van der Waals surface area contributed by atoms with Gasteiger partial charge in [-0.3, -0.25) is 9.89 Å². The van der Waals surface area contributed by atoms with Gasteiger partial charge in [0.05, 0.1) is 11.3 Å². The number of nitrogens with one attached hydrogen (secondary N) is 1. The fourth-order valence-corrected chi connectivity index (χ4v) is 6.80. The number of ether oxygens (including phenoxy) is 1. The van der Waals surface area contributed by atoms with Gasteiger partial charge in [-0.25, -0.2) is 0 Å². The summed E-state index contributed by atoms with van der Waals surface area (Å²) < 4.78 is 5.74. The number of hydrogen-bond acceptors (Lipinski definition) is 5. The van der Waals surface area contributed by atoms with Crippen molar-refractivity contribution in [3.63, 3.8) is 0 Å². The molecule has 4 heterocycles. The summed E-state index contributed by atoms with van der Waals surface area (Å²) >= 11 is 0. The lowest BCUT2D eigenvalue weighted by molar-refractivity contribution is -0.122. The zero-order valence-electron chi connectivity index (χ0n) is 20.5. The van der Waals surface area contributed by atoms with Gasteiger partial charge in [0.25, 0.3) is 0 Å². The first-order valence-electron chi connectivity index (χ1n) is 11.8. The molecule has 0 fully saturated rings. The van der Waals surface area contributed by atoms with Crippen LogP contribution in [0.3, 0.4) is 0 Å². The molecule has 1 aromatic heterocycles. The summed E-state index contributed by atoms with van der Waals surface area (Å²) in [5.74, 6) is -0.0299. The van der Waals surface area contributed by atoms with Crippen LogP contribution >= 0.6 is 0 Å². The lowest BCUT2D eigenvalue weighted by Gasteiger charge is -2.50. The van der Waals surface area contributed by atoms with E-state index in [0.717, 1.165) is 28.8 Å². The van der Waals surface area contributed by atoms with Gasteiger partial charge in [-0.1, -0.05) is 55.0 Å². The van der Waals surface area contributed by atoms with Gasteiger partial charge in [-0.15, -0.1) is 5.10 Å². The summed E-state index contributed by atoms with van der Waals surface area (Å²) in [6.07, 6.45) is 0.719. The number of nitrogens with zero attached hydrogens (tertiary/aromatic N) is 3. The molecule has 3 aliphatic heterocycles. The molecule has 0 aliphatic carbocycles. The van der Waals surface area contributed by atoms with Crippen LogP contribution in [-0.2, 0) is 15.6 Å². The third-order valence-electron chi connectivity index (χ3n) is 8.03. The van der Waals surface area contributed by atoms with Crippen LogP contribution < -0.4 is 15.4 Å². The van der Waals surface area contributed by atoms with Crippen molar-refractivity contribution in [3.05, 3.63) is 87.4 Å². The normalized spacial score (nSPS) is 25.8. The fourth-order valence-electron chi connectivity index (χ4n) is 6.80. The molecule has 0 saturated carbocycles. The van der Waals surface area contributed by atoms with E-state index in [2.05, 4.69) is 67.4 Å². The van der Waals surface area contributed by atoms with Crippen LogP contribution in [0.4, 0.5) is 5.69 Å². The van der Waals surface area contributed by atoms with Crippen LogP contribution in [0.5, 0.6) is 5.88 Å². The molecule has 0 bridgehead atoms. The fraction of sp³-hybridized carbons (Fsp3) is 0.321. The Bertz CT molecular complexity index is 1510. The van der Waals surface area contributed by atoms with E-state index in [-0.39, 0.29) is 28.7 Å². The van der Waals surface area contributed by atoms with Gasteiger partial charge in [0, 0.05) is 22.2 Å². The van der Waals surface area contributed by atoms with Crippen molar-refractivity contribution < 1.29 is 9.53 Å². The Morgan fingerprint density at radius 1 is 1.14 bits per heavy atom. The quantitative estimate of drug-likeness (QED) is 0.559. The number of aromatic nitrogens is 2. The highest BCUT2D eigenvalue weighted by molar-refractivity contribution is 6.16. The third-order valence-corrected chi connectivity index (χ3v) is 8.03. The van der Waals surface area contributed by atoms with E-state index in [9.17, 15) is 10.1 Å². The number of anilines is 1. The van der Waals surface area contributed by atoms with E-state index in [4.69, 9.17) is 10.5 Å². The lowest BCUT2D eigenvalue weighted by atomic mass is 9.64. The van der Waals surface area contributed by atoms with Crippen LogP contribution in [0.25, 0.3) is 0 Å². The number of carbonyl (C=O) groups is 1. The maximum Gasteiger partial charge on any atom is 0.248 e. The summed E-state index contributed by atoms with van der Waals surface area (Å²) in [5.41, 5.74) is 10.2. The van der Waals surface area contributed by atoms with Gasteiger partial charge < -0.3 is 15.4 Å². The number of nitrogens with two attached hydrogens (primary N) is 1. The van der Waals surface area contributed by atoms with Gasteiger partial charge in [0.1, 0.15) is 17.1 Å². The minimum atomic E-state index is -1.42. The molecule has 1 amide bonds. The largest absolute Gasteiger partial charge is 0.420 e. The molecule has 3 aromatic rings. The maximum absolute atomic E-state index is 14.7. The number of aromatic amines is 1. The standard InChI is InChI=1S/C28H27N5O2/c1-15-11-18-22-19(12-15)28(20(13-29)23(30)35-24-21(28)16(2)31-32-24)25(34)33(22)26(3,4)14-27(18,5)17-9-7-6-8-10-17/h6-12H,14,30H2,1-5H3,(H,31,32)/t27-,28+/m1/s1. The molecule has 176 valence electrons. The average Bonchev–Trinajstić information content (AvgIpc) is 3.29. The predicted molar refractivity (Wildman–Crippen MR) is 132 cm³/mol. The van der Waals surface area contributed by atoms with Crippen LogP contribution in [0.15, 0.2) is 53.9 Å². The molecule has 0 unspecified atom stereocenters. The minimum absolute atomic E-state index is 0.0846. The van der Waals surface area contributed by atoms with Crippen molar-refractivity contribution in [1.82, 2.24) is 10.2 Å². The number of nitriles is 1. The Morgan fingerprint density at radius 2 is 1.83 bits per heavy atom. The van der Waals surface area contributed by atoms with E-state index >= 15 is 0 Å². The van der Waals surface area contributed by atoms with Crippen molar-refractivity contribution in [2.75, 3.05) is 4.90 Å². The molecule has 35 heavy (non-hydrogen) atoms. The molecule has 3 N–H and O–H groups in total. The zero-order valence-corrected chi connectivity index (χ0v) is 20.5. The Balaban J connectivity index is 1.79. The Morgan fingerprint density at radius 3 is 2.51 bits per heavy atom. The van der Waals surface area contributed by atoms with E-state index in [1.54, 1.807) is 0 Å². The first-order chi connectivity index (χ1) is 16.6. The number of amides is 1. The number of fused-ring (bicyclic) bond motifs is 3. The van der Waals surface area contributed by atoms with E-state index < -0.39 is 11.0 Å². The second-order valence-electron chi connectivity index (χ2n) is 10.8. The second-order valence-corrected chi connectivity index (χ2v) is 10.8. The monoisotopic (exact) mass is 465 g/mol. The molecule has 0 saturated heterocycles. The van der Waals surface area contributed by atoms with Crippen LogP contribution in [0.2, 0.25) is 0 Å². The van der Waals surface area contributed by atoms with Crippen molar-refractivity contribution in [2.45, 2.75) is 57.4 Å². The van der Waals surface area contributed by atoms with Gasteiger partial charge in [0.2, 0.25) is 17.7 Å².